The van der Waals surface area contributed by atoms with Crippen LogP contribution in [0.15, 0.2) is 12.2 Å². The molecule has 0 heterocycles. The minimum absolute atomic E-state index is 0.642. The van der Waals surface area contributed by atoms with Crippen LogP contribution in [-0.4, -0.2) is 51.3 Å². The topological polar surface area (TPSA) is 24.5 Å². The fourth-order valence-electron chi connectivity index (χ4n) is 2.00. The van der Waals surface area contributed by atoms with Crippen molar-refractivity contribution in [2.24, 2.45) is 0 Å². The largest absolute Gasteiger partial charge is 0.383 e. The molecule has 0 aliphatic rings. The van der Waals surface area contributed by atoms with Crippen LogP contribution < -0.4 is 5.32 Å². The molecule has 0 fully saturated rings. The van der Waals surface area contributed by atoms with Gasteiger partial charge in [0.2, 0.25) is 0 Å². The lowest BCUT2D eigenvalue weighted by molar-refractivity contribution is 0.122. The molecule has 0 saturated heterocycles. The van der Waals surface area contributed by atoms with Crippen molar-refractivity contribution >= 4 is 0 Å². The Hall–Kier alpha value is -0.380. The maximum absolute atomic E-state index is 5.17. The first-order valence-electron chi connectivity index (χ1n) is 6.23. The summed E-state index contributed by atoms with van der Waals surface area (Å²) < 4.78 is 5.17. The molecule has 0 amide bonds. The number of nitrogens with zero attached hydrogens (tertiary/aromatic N) is 1. The summed E-state index contributed by atoms with van der Waals surface area (Å²) in [4.78, 5) is 2.48. The number of methoxy groups -OCH3 is 1. The fraction of sp³-hybridized carbons (Fsp3) is 0.846. The summed E-state index contributed by atoms with van der Waals surface area (Å²) in [6.07, 6.45) is 2.38. The van der Waals surface area contributed by atoms with Gasteiger partial charge in [-0.05, 0) is 25.5 Å². The van der Waals surface area contributed by atoms with E-state index in [0.29, 0.717) is 6.04 Å². The Morgan fingerprint density at radius 1 is 1.38 bits per heavy atom. The molecule has 16 heavy (non-hydrogen) atoms. The lowest BCUT2D eigenvalue weighted by Gasteiger charge is -2.30. The molecule has 0 rings (SSSR count). The van der Waals surface area contributed by atoms with Gasteiger partial charge in [0.05, 0.1) is 6.61 Å². The van der Waals surface area contributed by atoms with Crippen LogP contribution in [0.2, 0.25) is 0 Å². The molecule has 0 spiro atoms. The van der Waals surface area contributed by atoms with Gasteiger partial charge < -0.3 is 10.1 Å². The quantitative estimate of drug-likeness (QED) is 0.578. The van der Waals surface area contributed by atoms with E-state index < -0.39 is 0 Å². The summed E-state index contributed by atoms with van der Waals surface area (Å²) in [5, 5.41) is 3.15. The zero-order chi connectivity index (χ0) is 12.4. The Morgan fingerprint density at radius 3 is 2.44 bits per heavy atom. The molecule has 1 N–H and O–H groups in total. The van der Waals surface area contributed by atoms with Crippen LogP contribution in [0.3, 0.4) is 0 Å². The molecule has 0 saturated carbocycles. The third-order valence-electron chi connectivity index (χ3n) is 2.89. The zero-order valence-corrected chi connectivity index (χ0v) is 11.4. The van der Waals surface area contributed by atoms with Crippen molar-refractivity contribution in [3.8, 4) is 0 Å². The summed E-state index contributed by atoms with van der Waals surface area (Å²) in [5.74, 6) is 0. The van der Waals surface area contributed by atoms with Gasteiger partial charge in [0.1, 0.15) is 0 Å². The molecule has 3 heteroatoms. The minimum atomic E-state index is 0.642. The van der Waals surface area contributed by atoms with Crippen molar-refractivity contribution in [3.63, 3.8) is 0 Å². The average Bonchev–Trinajstić information content (AvgIpc) is 2.27. The Balaban J connectivity index is 4.22. The van der Waals surface area contributed by atoms with Gasteiger partial charge in [0.15, 0.2) is 0 Å². The first kappa shape index (κ1) is 15.6. The van der Waals surface area contributed by atoms with Gasteiger partial charge in [-0.15, -0.1) is 0 Å². The van der Waals surface area contributed by atoms with Crippen molar-refractivity contribution in [2.75, 3.05) is 40.4 Å². The van der Waals surface area contributed by atoms with Crippen LogP contribution in [0.1, 0.15) is 26.7 Å². The summed E-state index contributed by atoms with van der Waals surface area (Å²) in [6.45, 7) is 12.2. The molecular weight excluding hydrogens is 200 g/mol. The second-order valence-corrected chi connectivity index (χ2v) is 4.21. The Morgan fingerprint density at radius 2 is 2.00 bits per heavy atom. The first-order valence-corrected chi connectivity index (χ1v) is 6.23. The van der Waals surface area contributed by atoms with Gasteiger partial charge in [-0.3, -0.25) is 4.90 Å². The van der Waals surface area contributed by atoms with Crippen LogP contribution in [0, 0.1) is 0 Å². The third kappa shape index (κ3) is 6.26. The van der Waals surface area contributed by atoms with Crippen LogP contribution in [0.5, 0.6) is 0 Å². The van der Waals surface area contributed by atoms with E-state index in [2.05, 4.69) is 30.6 Å². The van der Waals surface area contributed by atoms with Crippen LogP contribution in [0.25, 0.3) is 0 Å². The average molecular weight is 228 g/mol. The summed E-state index contributed by atoms with van der Waals surface area (Å²) in [6, 6.07) is 0.642. The second-order valence-electron chi connectivity index (χ2n) is 4.21. The highest BCUT2D eigenvalue weighted by atomic mass is 16.5. The molecule has 0 aromatic heterocycles. The van der Waals surface area contributed by atoms with Crippen molar-refractivity contribution in [2.45, 2.75) is 32.7 Å². The maximum atomic E-state index is 5.17. The predicted octanol–water partition coefficient (Wildman–Crippen LogP) is 1.90. The normalized spacial score (nSPS) is 11.4. The van der Waals surface area contributed by atoms with E-state index in [9.17, 15) is 0 Å². The lowest BCUT2D eigenvalue weighted by atomic mass is 10.1. The molecule has 0 aliphatic heterocycles. The van der Waals surface area contributed by atoms with E-state index in [0.717, 1.165) is 26.2 Å². The van der Waals surface area contributed by atoms with Gasteiger partial charge in [-0.2, -0.15) is 0 Å². The number of rotatable bonds is 10. The maximum Gasteiger partial charge on any atom is 0.0589 e. The van der Waals surface area contributed by atoms with E-state index in [-0.39, 0.29) is 0 Å². The Labute approximate surface area is 101 Å². The zero-order valence-electron chi connectivity index (χ0n) is 11.4. The highest BCUT2D eigenvalue weighted by molar-refractivity contribution is 5.00. The van der Waals surface area contributed by atoms with E-state index in [1.54, 1.807) is 7.11 Å². The summed E-state index contributed by atoms with van der Waals surface area (Å²) in [5.41, 5.74) is 1.24. The van der Waals surface area contributed by atoms with E-state index in [1.807, 2.05) is 7.05 Å². The smallest absolute Gasteiger partial charge is 0.0589 e. The van der Waals surface area contributed by atoms with E-state index in [4.69, 9.17) is 4.74 Å². The third-order valence-corrected chi connectivity index (χ3v) is 2.89. The molecule has 0 aromatic rings. The Bertz CT molecular complexity index is 179. The standard InChI is InChI=1S/C13H28N2O/c1-6-13(7-2)15(8-9-16-5)11-12(3)10-14-4/h13-14H,3,6-11H2,1-2,4-5H3. The lowest BCUT2D eigenvalue weighted by Crippen LogP contribution is -2.39. The van der Waals surface area contributed by atoms with E-state index >= 15 is 0 Å². The molecule has 0 atom stereocenters. The van der Waals surface area contributed by atoms with Crippen molar-refractivity contribution < 1.29 is 4.74 Å². The molecule has 0 unspecified atom stereocenters. The molecule has 0 radical (unpaired) electrons. The number of hydrogen-bond donors (Lipinski definition) is 1. The molecule has 0 aromatic carbocycles. The van der Waals surface area contributed by atoms with Crippen molar-refractivity contribution in [1.82, 2.24) is 10.2 Å². The Kier molecular flexibility index (Phi) is 9.59. The predicted molar refractivity (Wildman–Crippen MR) is 70.9 cm³/mol. The molecule has 0 bridgehead atoms. The first-order chi connectivity index (χ1) is 7.69. The highest BCUT2D eigenvalue weighted by Crippen LogP contribution is 2.10. The van der Waals surface area contributed by atoms with Gasteiger partial charge in [-0.1, -0.05) is 20.4 Å². The fourth-order valence-corrected chi connectivity index (χ4v) is 2.00. The second kappa shape index (κ2) is 9.82. The number of ether oxygens (including phenoxy) is 1. The van der Waals surface area contributed by atoms with Gasteiger partial charge in [-0.25, -0.2) is 0 Å². The number of likely N-dealkylation sites (N-methyl/N-ethyl adjacent to an activating group) is 1. The number of nitrogens with one attached hydrogen (secondary N) is 1. The summed E-state index contributed by atoms with van der Waals surface area (Å²) >= 11 is 0. The highest BCUT2D eigenvalue weighted by Gasteiger charge is 2.15. The monoisotopic (exact) mass is 228 g/mol. The van der Waals surface area contributed by atoms with Crippen LogP contribution in [0.4, 0.5) is 0 Å². The summed E-state index contributed by atoms with van der Waals surface area (Å²) in [7, 11) is 3.72. The molecule has 0 aliphatic carbocycles. The van der Waals surface area contributed by atoms with Crippen LogP contribution >= 0.6 is 0 Å². The van der Waals surface area contributed by atoms with Gasteiger partial charge in [0.25, 0.3) is 0 Å². The van der Waals surface area contributed by atoms with E-state index in [1.165, 1.54) is 18.4 Å². The van der Waals surface area contributed by atoms with Gasteiger partial charge >= 0.3 is 0 Å². The number of hydrogen-bond acceptors (Lipinski definition) is 3. The molecule has 3 nitrogen and oxygen atoms in total. The van der Waals surface area contributed by atoms with Crippen molar-refractivity contribution in [1.29, 1.82) is 0 Å². The minimum Gasteiger partial charge on any atom is -0.383 e. The van der Waals surface area contributed by atoms with Crippen molar-refractivity contribution in [3.05, 3.63) is 12.2 Å². The SMILES string of the molecule is C=C(CNC)CN(CCOC)C(CC)CC. The van der Waals surface area contributed by atoms with Crippen LogP contribution in [-0.2, 0) is 4.74 Å². The molecule has 96 valence electrons. The van der Waals surface area contributed by atoms with Gasteiger partial charge in [0, 0.05) is 32.8 Å². The molecular formula is C13H28N2O.